The molecule has 0 saturated heterocycles. The minimum atomic E-state index is -0.439. The highest BCUT2D eigenvalue weighted by atomic mass is 15.1. The summed E-state index contributed by atoms with van der Waals surface area (Å²) in [5.41, 5.74) is 3.28. The average molecular weight is 582 g/mol. The monoisotopic (exact) mass is 581 g/mol. The standard InChI is InChI=1S/C44H31N/c1-2-11-32(12-3-1)33-23-27-38(28-24-33)45(39-29-25-36(26-30-39)43-21-9-15-34-13-4-6-19-41(34)43)40-18-8-17-37(31-40)44-22-10-16-35-14-5-7-20-42(35)44/h1-31H/i8D,17D,18D,23D,24D,27D,28D,31D. The van der Waals surface area contributed by atoms with E-state index in [-0.39, 0.29) is 58.8 Å². The summed E-state index contributed by atoms with van der Waals surface area (Å²) in [6, 6.07) is 40.7. The topological polar surface area (TPSA) is 3.24 Å². The summed E-state index contributed by atoms with van der Waals surface area (Å²) in [5.74, 6) is 0. The molecule has 0 aliphatic rings. The highest BCUT2D eigenvalue weighted by molar-refractivity contribution is 5.98. The van der Waals surface area contributed by atoms with Crippen LogP contribution < -0.4 is 4.90 Å². The molecule has 0 bridgehead atoms. The first-order valence-electron chi connectivity index (χ1n) is 18.8. The van der Waals surface area contributed by atoms with Crippen molar-refractivity contribution in [3.8, 4) is 33.4 Å². The van der Waals surface area contributed by atoms with Crippen molar-refractivity contribution in [1.29, 1.82) is 0 Å². The van der Waals surface area contributed by atoms with E-state index in [0.717, 1.165) is 32.7 Å². The van der Waals surface area contributed by atoms with Crippen LogP contribution in [0.5, 0.6) is 0 Å². The van der Waals surface area contributed by atoms with Gasteiger partial charge in [0.2, 0.25) is 0 Å². The van der Waals surface area contributed by atoms with Gasteiger partial charge in [-0.2, -0.15) is 0 Å². The fraction of sp³-hybridized carbons (Fsp3) is 0. The Labute approximate surface area is 275 Å². The maximum atomic E-state index is 9.68. The van der Waals surface area contributed by atoms with Crippen molar-refractivity contribution in [2.75, 3.05) is 4.90 Å². The molecule has 8 aromatic rings. The number of benzene rings is 8. The minimum Gasteiger partial charge on any atom is -0.310 e. The van der Waals surface area contributed by atoms with Gasteiger partial charge in [0.1, 0.15) is 0 Å². The summed E-state index contributed by atoms with van der Waals surface area (Å²) >= 11 is 0. The fourth-order valence-electron chi connectivity index (χ4n) is 5.83. The van der Waals surface area contributed by atoms with E-state index in [2.05, 4.69) is 6.07 Å². The molecule has 8 aromatic carbocycles. The van der Waals surface area contributed by atoms with Crippen molar-refractivity contribution in [3.63, 3.8) is 0 Å². The molecule has 212 valence electrons. The van der Waals surface area contributed by atoms with Crippen molar-refractivity contribution in [3.05, 3.63) is 188 Å². The number of nitrogens with zero attached hydrogens (tertiary/aromatic N) is 1. The molecule has 0 saturated carbocycles. The molecule has 0 amide bonds. The quantitative estimate of drug-likeness (QED) is 0.189. The molecule has 0 fully saturated rings. The van der Waals surface area contributed by atoms with Gasteiger partial charge in [0.05, 0.1) is 11.0 Å². The lowest BCUT2D eigenvalue weighted by Gasteiger charge is -2.26. The lowest BCUT2D eigenvalue weighted by Crippen LogP contribution is -2.10. The minimum absolute atomic E-state index is 0.125. The van der Waals surface area contributed by atoms with Gasteiger partial charge in [-0.05, 0) is 91.2 Å². The second-order valence-corrected chi connectivity index (χ2v) is 10.7. The van der Waals surface area contributed by atoms with Crippen molar-refractivity contribution in [2.45, 2.75) is 0 Å². The van der Waals surface area contributed by atoms with E-state index in [1.807, 2.05) is 91.0 Å². The van der Waals surface area contributed by atoms with Crippen LogP contribution in [0.1, 0.15) is 11.0 Å². The summed E-state index contributed by atoms with van der Waals surface area (Å²) in [6.07, 6.45) is 0. The van der Waals surface area contributed by atoms with Gasteiger partial charge in [-0.15, -0.1) is 0 Å². The zero-order valence-corrected chi connectivity index (χ0v) is 24.2. The van der Waals surface area contributed by atoms with E-state index in [1.54, 1.807) is 42.5 Å². The van der Waals surface area contributed by atoms with Crippen molar-refractivity contribution >= 4 is 38.6 Å². The predicted molar refractivity (Wildman–Crippen MR) is 192 cm³/mol. The van der Waals surface area contributed by atoms with E-state index in [9.17, 15) is 5.48 Å². The zero-order valence-electron chi connectivity index (χ0n) is 32.2. The highest BCUT2D eigenvalue weighted by Gasteiger charge is 2.15. The number of rotatable bonds is 6. The lowest BCUT2D eigenvalue weighted by molar-refractivity contribution is 1.28. The van der Waals surface area contributed by atoms with Gasteiger partial charge in [0.15, 0.2) is 0 Å². The molecule has 0 aliphatic heterocycles. The maximum Gasteiger partial charge on any atom is 0.0651 e. The molecule has 0 heterocycles. The molecule has 1 nitrogen and oxygen atoms in total. The van der Waals surface area contributed by atoms with Crippen molar-refractivity contribution < 1.29 is 11.0 Å². The van der Waals surface area contributed by atoms with Gasteiger partial charge in [0.25, 0.3) is 0 Å². The van der Waals surface area contributed by atoms with Crippen LogP contribution >= 0.6 is 0 Å². The van der Waals surface area contributed by atoms with Crippen LogP contribution in [0.3, 0.4) is 0 Å². The van der Waals surface area contributed by atoms with E-state index in [4.69, 9.17) is 5.48 Å². The molecule has 0 aliphatic carbocycles. The number of hydrogen-bond acceptors (Lipinski definition) is 1. The van der Waals surface area contributed by atoms with Gasteiger partial charge in [-0.25, -0.2) is 0 Å². The SMILES string of the molecule is [2H]c1c([2H])c(-c2cccc3ccccc23)c([2H])c(N(c2ccc(-c3cccc4ccccc34)cc2)c2c([2H])c([2H])c(-c3ccccc3)c([2H])c2[2H])c1[2H]. The van der Waals surface area contributed by atoms with Crippen LogP contribution in [-0.2, 0) is 0 Å². The summed E-state index contributed by atoms with van der Waals surface area (Å²) in [7, 11) is 0. The van der Waals surface area contributed by atoms with Gasteiger partial charge in [-0.3, -0.25) is 0 Å². The Morgan fingerprint density at radius 3 is 1.60 bits per heavy atom. The molecule has 45 heavy (non-hydrogen) atoms. The third-order valence-electron chi connectivity index (χ3n) is 8.02. The Morgan fingerprint density at radius 2 is 0.933 bits per heavy atom. The Hall–Kier alpha value is -5.92. The highest BCUT2D eigenvalue weighted by Crippen LogP contribution is 2.40. The van der Waals surface area contributed by atoms with E-state index >= 15 is 0 Å². The first-order chi connectivity index (χ1) is 25.7. The van der Waals surface area contributed by atoms with Crippen molar-refractivity contribution in [1.82, 2.24) is 0 Å². The third kappa shape index (κ3) is 5.15. The van der Waals surface area contributed by atoms with Gasteiger partial charge in [0, 0.05) is 17.1 Å². The smallest absolute Gasteiger partial charge is 0.0651 e. The van der Waals surface area contributed by atoms with E-state index in [0.29, 0.717) is 16.8 Å². The number of anilines is 3. The summed E-state index contributed by atoms with van der Waals surface area (Å²) < 4.78 is 73.9. The van der Waals surface area contributed by atoms with Crippen LogP contribution in [0.15, 0.2) is 188 Å². The van der Waals surface area contributed by atoms with E-state index in [1.165, 1.54) is 4.90 Å². The summed E-state index contributed by atoms with van der Waals surface area (Å²) in [5, 5.41) is 3.78. The molecule has 0 atom stereocenters. The number of hydrogen-bond donors (Lipinski definition) is 0. The molecular weight excluding hydrogens is 542 g/mol. The van der Waals surface area contributed by atoms with Crippen molar-refractivity contribution in [2.24, 2.45) is 0 Å². The lowest BCUT2D eigenvalue weighted by atomic mass is 9.97. The van der Waals surface area contributed by atoms with Crippen LogP contribution in [0.2, 0.25) is 0 Å². The van der Waals surface area contributed by atoms with Gasteiger partial charge < -0.3 is 4.90 Å². The van der Waals surface area contributed by atoms with Gasteiger partial charge >= 0.3 is 0 Å². The second kappa shape index (κ2) is 11.6. The Kier molecular flexibility index (Phi) is 5.01. The molecule has 0 N–H and O–H groups in total. The second-order valence-electron chi connectivity index (χ2n) is 10.7. The summed E-state index contributed by atoms with van der Waals surface area (Å²) in [6.45, 7) is 0. The van der Waals surface area contributed by atoms with Crippen LogP contribution in [-0.4, -0.2) is 0 Å². The molecule has 0 spiro atoms. The van der Waals surface area contributed by atoms with Crippen LogP contribution in [0.25, 0.3) is 54.9 Å². The third-order valence-corrected chi connectivity index (χ3v) is 8.02. The molecule has 0 radical (unpaired) electrons. The van der Waals surface area contributed by atoms with Crippen LogP contribution in [0.4, 0.5) is 17.1 Å². The van der Waals surface area contributed by atoms with Gasteiger partial charge in [-0.1, -0.05) is 152 Å². The molecule has 0 unspecified atom stereocenters. The normalized spacial score (nSPS) is 13.6. The van der Waals surface area contributed by atoms with E-state index < -0.39 is 12.1 Å². The molecule has 0 aromatic heterocycles. The predicted octanol–water partition coefficient (Wildman–Crippen LogP) is 12.5. The first-order valence-corrected chi connectivity index (χ1v) is 14.8. The first kappa shape index (κ1) is 19.4. The Bertz CT molecular complexity index is 2670. The summed E-state index contributed by atoms with van der Waals surface area (Å²) in [4.78, 5) is 1.39. The largest absolute Gasteiger partial charge is 0.310 e. The zero-order chi connectivity index (χ0) is 37.0. The maximum absolute atomic E-state index is 9.68. The number of fused-ring (bicyclic) bond motifs is 2. The Morgan fingerprint density at radius 1 is 0.356 bits per heavy atom. The Balaban J connectivity index is 1.42. The average Bonchev–Trinajstić information content (AvgIpc) is 3.19. The molecular formula is C44H31N. The molecule has 8 rings (SSSR count). The molecule has 1 heteroatoms. The fourth-order valence-corrected chi connectivity index (χ4v) is 5.83. The van der Waals surface area contributed by atoms with Crippen LogP contribution in [0, 0.1) is 0 Å².